The molecular weight excluding hydrogens is 224 g/mol. The van der Waals surface area contributed by atoms with E-state index in [1.54, 1.807) is 0 Å². The zero-order valence-corrected chi connectivity index (χ0v) is 11.3. The summed E-state index contributed by atoms with van der Waals surface area (Å²) >= 11 is 0. The van der Waals surface area contributed by atoms with E-state index in [2.05, 4.69) is 35.8 Å². The molecule has 1 aromatic carbocycles. The van der Waals surface area contributed by atoms with Crippen LogP contribution in [0.1, 0.15) is 43.0 Å². The highest BCUT2D eigenvalue weighted by molar-refractivity contribution is 5.77. The smallest absolute Gasteiger partial charge is 0.233 e. The van der Waals surface area contributed by atoms with Crippen molar-refractivity contribution in [3.63, 3.8) is 0 Å². The fourth-order valence-electron chi connectivity index (χ4n) is 2.48. The lowest BCUT2D eigenvalue weighted by Gasteiger charge is -2.15. The Kier molecular flexibility index (Phi) is 4.37. The Morgan fingerprint density at radius 1 is 1.33 bits per heavy atom. The number of fused-ring (bicyclic) bond motifs is 1. The summed E-state index contributed by atoms with van der Waals surface area (Å²) in [5, 5.41) is 6.06. The summed E-state index contributed by atoms with van der Waals surface area (Å²) < 4.78 is 0. The zero-order valence-electron chi connectivity index (χ0n) is 11.3. The lowest BCUT2D eigenvalue weighted by atomic mass is 10.0. The van der Waals surface area contributed by atoms with Gasteiger partial charge in [-0.2, -0.15) is 0 Å². The molecule has 3 nitrogen and oxygen atoms in total. The minimum atomic E-state index is 0.0607. The predicted molar refractivity (Wildman–Crippen MR) is 73.6 cm³/mol. The van der Waals surface area contributed by atoms with Crippen molar-refractivity contribution < 1.29 is 4.79 Å². The van der Waals surface area contributed by atoms with Gasteiger partial charge in [0.05, 0.1) is 6.54 Å². The zero-order chi connectivity index (χ0) is 13.0. The number of rotatable bonds is 5. The summed E-state index contributed by atoms with van der Waals surface area (Å²) in [4.78, 5) is 11.4. The fourth-order valence-corrected chi connectivity index (χ4v) is 2.48. The van der Waals surface area contributed by atoms with Crippen molar-refractivity contribution in [1.29, 1.82) is 0 Å². The maximum atomic E-state index is 11.4. The quantitative estimate of drug-likeness (QED) is 0.834. The second-order valence-corrected chi connectivity index (χ2v) is 4.94. The molecule has 1 unspecified atom stereocenters. The molecule has 1 aliphatic rings. The highest BCUT2D eigenvalue weighted by atomic mass is 16.1. The summed E-state index contributed by atoms with van der Waals surface area (Å²) in [5.74, 6) is 0.0607. The third-order valence-electron chi connectivity index (χ3n) is 3.57. The van der Waals surface area contributed by atoms with Gasteiger partial charge >= 0.3 is 0 Å². The Bertz CT molecular complexity index is 429. The fraction of sp³-hybridized carbons (Fsp3) is 0.533. The van der Waals surface area contributed by atoms with Crippen molar-refractivity contribution in [3.8, 4) is 0 Å². The summed E-state index contributed by atoms with van der Waals surface area (Å²) in [6.45, 7) is 5.11. The number of hydrogen-bond acceptors (Lipinski definition) is 2. The summed E-state index contributed by atoms with van der Waals surface area (Å²) in [7, 11) is 0. The van der Waals surface area contributed by atoms with Gasteiger partial charge in [0.2, 0.25) is 5.91 Å². The Hall–Kier alpha value is -1.35. The van der Waals surface area contributed by atoms with Gasteiger partial charge in [0, 0.05) is 12.6 Å². The Balaban J connectivity index is 1.92. The number of carbonyl (C=O) groups excluding carboxylic acids is 1. The maximum Gasteiger partial charge on any atom is 0.233 e. The van der Waals surface area contributed by atoms with Crippen LogP contribution in [0, 0.1) is 0 Å². The molecule has 0 radical (unpaired) electrons. The number of nitrogens with one attached hydrogen (secondary N) is 2. The molecule has 0 fully saturated rings. The third-order valence-corrected chi connectivity index (χ3v) is 3.57. The predicted octanol–water partition coefficient (Wildman–Crippen LogP) is 1.96. The number of hydrogen-bond donors (Lipinski definition) is 2. The van der Waals surface area contributed by atoms with Gasteiger partial charge in [0.25, 0.3) is 0 Å². The highest BCUT2D eigenvalue weighted by Gasteiger charge is 2.13. The molecule has 0 saturated carbocycles. The van der Waals surface area contributed by atoms with Crippen LogP contribution in [0.25, 0.3) is 0 Å². The van der Waals surface area contributed by atoms with Crippen LogP contribution in [0.15, 0.2) is 18.2 Å². The van der Waals surface area contributed by atoms with Crippen LogP contribution in [0.3, 0.4) is 0 Å². The van der Waals surface area contributed by atoms with Crippen molar-refractivity contribution >= 4 is 5.91 Å². The normalized spacial score (nSPS) is 15.2. The monoisotopic (exact) mass is 246 g/mol. The van der Waals surface area contributed by atoms with Crippen LogP contribution >= 0.6 is 0 Å². The molecule has 0 spiro atoms. The number of likely N-dealkylation sites (N-methyl/N-ethyl adjacent to an activating group) is 1. The topological polar surface area (TPSA) is 41.1 Å². The number of aryl methyl sites for hydroxylation is 2. The van der Waals surface area contributed by atoms with Crippen molar-refractivity contribution in [3.05, 3.63) is 34.9 Å². The van der Waals surface area contributed by atoms with Gasteiger partial charge in [-0.15, -0.1) is 0 Å². The Labute approximate surface area is 109 Å². The first-order valence-electron chi connectivity index (χ1n) is 6.82. The second-order valence-electron chi connectivity index (χ2n) is 4.94. The van der Waals surface area contributed by atoms with E-state index in [1.165, 1.54) is 36.0 Å². The molecule has 0 bridgehead atoms. The van der Waals surface area contributed by atoms with E-state index in [0.29, 0.717) is 13.1 Å². The van der Waals surface area contributed by atoms with Gasteiger partial charge in [0.1, 0.15) is 0 Å². The average molecular weight is 246 g/mol. The van der Waals surface area contributed by atoms with Crippen LogP contribution in [0.5, 0.6) is 0 Å². The Morgan fingerprint density at radius 2 is 2.11 bits per heavy atom. The molecule has 2 N–H and O–H groups in total. The second kappa shape index (κ2) is 6.01. The van der Waals surface area contributed by atoms with Crippen molar-refractivity contribution in [2.24, 2.45) is 0 Å². The van der Waals surface area contributed by atoms with E-state index in [0.717, 1.165) is 0 Å². The van der Waals surface area contributed by atoms with Crippen LogP contribution in [-0.4, -0.2) is 19.0 Å². The molecule has 2 rings (SSSR count). The molecule has 0 saturated heterocycles. The lowest BCUT2D eigenvalue weighted by Crippen LogP contribution is -2.34. The van der Waals surface area contributed by atoms with Gasteiger partial charge in [0.15, 0.2) is 0 Å². The summed E-state index contributed by atoms with van der Waals surface area (Å²) in [6, 6.07) is 6.93. The molecular formula is C15H22N2O. The first-order chi connectivity index (χ1) is 8.70. The molecule has 0 heterocycles. The molecule has 0 aliphatic heterocycles. The van der Waals surface area contributed by atoms with Crippen molar-refractivity contribution in [1.82, 2.24) is 10.6 Å². The van der Waals surface area contributed by atoms with Crippen LogP contribution in [0.2, 0.25) is 0 Å². The largest absolute Gasteiger partial charge is 0.355 e. The van der Waals surface area contributed by atoms with Crippen LogP contribution in [-0.2, 0) is 17.6 Å². The number of carbonyl (C=O) groups is 1. The van der Waals surface area contributed by atoms with Gasteiger partial charge < -0.3 is 10.6 Å². The SMILES string of the molecule is CCNC(=O)CNC(C)c1ccc2c(c1)CCC2. The Morgan fingerprint density at radius 3 is 2.89 bits per heavy atom. The first-order valence-corrected chi connectivity index (χ1v) is 6.82. The molecule has 1 aliphatic carbocycles. The minimum absolute atomic E-state index is 0.0607. The van der Waals surface area contributed by atoms with Gasteiger partial charge in [-0.05, 0) is 49.8 Å². The molecule has 18 heavy (non-hydrogen) atoms. The van der Waals surface area contributed by atoms with E-state index >= 15 is 0 Å². The van der Waals surface area contributed by atoms with E-state index in [4.69, 9.17) is 0 Å². The number of amides is 1. The molecule has 0 aromatic heterocycles. The van der Waals surface area contributed by atoms with Crippen molar-refractivity contribution in [2.45, 2.75) is 39.2 Å². The third kappa shape index (κ3) is 3.10. The lowest BCUT2D eigenvalue weighted by molar-refractivity contribution is -0.120. The maximum absolute atomic E-state index is 11.4. The average Bonchev–Trinajstić information content (AvgIpc) is 2.83. The van der Waals surface area contributed by atoms with E-state index in [-0.39, 0.29) is 11.9 Å². The molecule has 1 amide bonds. The summed E-state index contributed by atoms with van der Waals surface area (Å²) in [6.07, 6.45) is 3.70. The van der Waals surface area contributed by atoms with Gasteiger partial charge in [-0.25, -0.2) is 0 Å². The molecule has 1 aromatic rings. The summed E-state index contributed by atoms with van der Waals surface area (Å²) in [5.41, 5.74) is 4.26. The standard InChI is InChI=1S/C15H22N2O/c1-3-16-15(18)10-17-11(2)13-8-7-12-5-4-6-14(12)9-13/h7-9,11,17H,3-6,10H2,1-2H3,(H,16,18). The van der Waals surface area contributed by atoms with Gasteiger partial charge in [-0.1, -0.05) is 18.2 Å². The highest BCUT2D eigenvalue weighted by Crippen LogP contribution is 2.25. The first kappa shape index (κ1) is 13.1. The van der Waals surface area contributed by atoms with Crippen LogP contribution in [0.4, 0.5) is 0 Å². The van der Waals surface area contributed by atoms with Gasteiger partial charge in [-0.3, -0.25) is 4.79 Å². The molecule has 3 heteroatoms. The van der Waals surface area contributed by atoms with Crippen LogP contribution < -0.4 is 10.6 Å². The molecule has 1 atom stereocenters. The minimum Gasteiger partial charge on any atom is -0.355 e. The van der Waals surface area contributed by atoms with E-state index < -0.39 is 0 Å². The van der Waals surface area contributed by atoms with E-state index in [1.807, 2.05) is 6.92 Å². The number of benzene rings is 1. The molecule has 98 valence electrons. The van der Waals surface area contributed by atoms with E-state index in [9.17, 15) is 4.79 Å². The van der Waals surface area contributed by atoms with Crippen molar-refractivity contribution in [2.75, 3.05) is 13.1 Å².